The Morgan fingerprint density at radius 2 is 2.20 bits per heavy atom. The van der Waals surface area contributed by atoms with Crippen LogP contribution in [-0.2, 0) is 6.54 Å². The first-order valence-electron chi connectivity index (χ1n) is 7.98. The average Bonchev–Trinajstić information content (AvgIpc) is 2.58. The van der Waals surface area contributed by atoms with Crippen molar-refractivity contribution in [2.45, 2.75) is 20.4 Å². The Balaban J connectivity index is 2.48. The van der Waals surface area contributed by atoms with Crippen LogP contribution in [0.3, 0.4) is 0 Å². The summed E-state index contributed by atoms with van der Waals surface area (Å²) in [6.07, 6.45) is 3.32. The summed E-state index contributed by atoms with van der Waals surface area (Å²) in [7, 11) is 0. The lowest BCUT2D eigenvalue weighted by Crippen LogP contribution is -2.34. The minimum absolute atomic E-state index is 0.00158. The van der Waals surface area contributed by atoms with Gasteiger partial charge in [0.25, 0.3) is 11.5 Å². The lowest BCUT2D eigenvalue weighted by atomic mass is 10.2. The van der Waals surface area contributed by atoms with Crippen molar-refractivity contribution in [3.05, 3.63) is 64.0 Å². The van der Waals surface area contributed by atoms with E-state index in [1.54, 1.807) is 25.3 Å². The minimum atomic E-state index is -0.388. The van der Waals surface area contributed by atoms with Crippen LogP contribution in [0.2, 0.25) is 0 Å². The fourth-order valence-corrected chi connectivity index (χ4v) is 2.78. The predicted molar refractivity (Wildman–Crippen MR) is 95.8 cm³/mol. The molecule has 3 aromatic rings. The third-order valence-electron chi connectivity index (χ3n) is 3.95. The molecule has 0 fully saturated rings. The van der Waals surface area contributed by atoms with Gasteiger partial charge in [-0.15, -0.1) is 6.58 Å². The lowest BCUT2D eigenvalue weighted by Gasteiger charge is -2.13. The summed E-state index contributed by atoms with van der Waals surface area (Å²) in [6, 6.07) is 5.08. The van der Waals surface area contributed by atoms with E-state index in [0.717, 1.165) is 5.56 Å². The van der Waals surface area contributed by atoms with Gasteiger partial charge in [-0.1, -0.05) is 12.1 Å². The third kappa shape index (κ3) is 2.73. The first-order chi connectivity index (χ1) is 12.0. The minimum Gasteiger partial charge on any atom is -0.352 e. The molecule has 0 bridgehead atoms. The summed E-state index contributed by atoms with van der Waals surface area (Å²) in [4.78, 5) is 29.8. The molecule has 25 heavy (non-hydrogen) atoms. The number of pyridine rings is 2. The molecule has 0 saturated carbocycles. The summed E-state index contributed by atoms with van der Waals surface area (Å²) in [5.74, 6) is -0.388. The monoisotopic (exact) mass is 337 g/mol. The molecule has 7 nitrogen and oxygen atoms in total. The number of amides is 1. The van der Waals surface area contributed by atoms with Crippen molar-refractivity contribution in [2.75, 3.05) is 6.54 Å². The maximum atomic E-state index is 12.9. The molecular formula is C18H19N5O2. The maximum Gasteiger partial charge on any atom is 0.267 e. The Bertz CT molecular complexity index is 1120. The normalized spacial score (nSPS) is 11.0. The molecule has 3 aromatic heterocycles. The van der Waals surface area contributed by atoms with Gasteiger partial charge >= 0.3 is 0 Å². The van der Waals surface area contributed by atoms with Crippen molar-refractivity contribution in [3.63, 3.8) is 0 Å². The second-order valence-corrected chi connectivity index (χ2v) is 5.75. The number of aromatic nitrogens is 3. The van der Waals surface area contributed by atoms with Crippen LogP contribution in [0.15, 0.2) is 41.8 Å². The van der Waals surface area contributed by atoms with Crippen LogP contribution in [0.1, 0.15) is 22.8 Å². The average molecular weight is 337 g/mol. The van der Waals surface area contributed by atoms with E-state index in [2.05, 4.69) is 16.9 Å². The molecule has 3 heterocycles. The van der Waals surface area contributed by atoms with Crippen LogP contribution in [-0.4, -0.2) is 26.4 Å². The molecule has 0 atom stereocenters. The fourth-order valence-electron chi connectivity index (χ4n) is 2.78. The van der Waals surface area contributed by atoms with E-state index in [-0.39, 0.29) is 29.1 Å². The highest BCUT2D eigenvalue weighted by Crippen LogP contribution is 2.11. The van der Waals surface area contributed by atoms with Crippen molar-refractivity contribution in [1.82, 2.24) is 19.3 Å². The van der Waals surface area contributed by atoms with E-state index in [1.807, 2.05) is 13.0 Å². The molecule has 0 saturated heterocycles. The maximum absolute atomic E-state index is 12.9. The van der Waals surface area contributed by atoms with E-state index < -0.39 is 0 Å². The highest BCUT2D eigenvalue weighted by Gasteiger charge is 2.16. The molecule has 128 valence electrons. The number of rotatable bonds is 4. The van der Waals surface area contributed by atoms with Crippen LogP contribution in [0.4, 0.5) is 0 Å². The Morgan fingerprint density at radius 3 is 2.88 bits per heavy atom. The number of carbonyl (C=O) groups is 1. The molecule has 0 aliphatic heterocycles. The smallest absolute Gasteiger partial charge is 0.267 e. The van der Waals surface area contributed by atoms with E-state index in [0.29, 0.717) is 23.2 Å². The molecule has 0 radical (unpaired) electrons. The first-order valence-corrected chi connectivity index (χ1v) is 7.98. The van der Waals surface area contributed by atoms with Crippen LogP contribution in [0.25, 0.3) is 16.7 Å². The van der Waals surface area contributed by atoms with Crippen molar-refractivity contribution >= 4 is 22.6 Å². The van der Waals surface area contributed by atoms with Gasteiger partial charge in [-0.25, -0.2) is 4.98 Å². The summed E-state index contributed by atoms with van der Waals surface area (Å²) < 4.78 is 2.98. The predicted octanol–water partition coefficient (Wildman–Crippen LogP) is 1.37. The Morgan fingerprint density at radius 1 is 1.44 bits per heavy atom. The summed E-state index contributed by atoms with van der Waals surface area (Å²) in [5, 5.41) is 11.3. The largest absolute Gasteiger partial charge is 0.352 e. The van der Waals surface area contributed by atoms with Gasteiger partial charge in [-0.05, 0) is 31.5 Å². The van der Waals surface area contributed by atoms with Crippen molar-refractivity contribution in [2.24, 2.45) is 0 Å². The third-order valence-corrected chi connectivity index (χ3v) is 3.95. The zero-order valence-electron chi connectivity index (χ0n) is 14.2. The van der Waals surface area contributed by atoms with Gasteiger partial charge in [-0.3, -0.25) is 19.4 Å². The highest BCUT2D eigenvalue weighted by molar-refractivity contribution is 5.96. The van der Waals surface area contributed by atoms with Crippen LogP contribution in [0, 0.1) is 12.3 Å². The molecule has 1 amide bonds. The number of nitrogens with one attached hydrogen (secondary N) is 2. The molecule has 2 N–H and O–H groups in total. The Kier molecular flexibility index (Phi) is 4.22. The number of nitrogens with zero attached hydrogens (tertiary/aromatic N) is 3. The summed E-state index contributed by atoms with van der Waals surface area (Å²) in [6.45, 7) is 8.10. The van der Waals surface area contributed by atoms with Gasteiger partial charge in [0.2, 0.25) is 0 Å². The van der Waals surface area contributed by atoms with Crippen molar-refractivity contribution in [3.8, 4) is 0 Å². The molecule has 0 aromatic carbocycles. The standard InChI is InChI=1S/C18H19N5O2/c1-4-8-22-15(19)12(17(24)20-5-2)9-13-16(22)21-14-7-6-11(3)10-23(14)18(13)25/h4,6-7,9-10,19H,1,5,8H2,2-3H3,(H,20,24). The quantitative estimate of drug-likeness (QED) is 0.556. The van der Waals surface area contributed by atoms with E-state index >= 15 is 0 Å². The van der Waals surface area contributed by atoms with Gasteiger partial charge in [0.1, 0.15) is 16.8 Å². The number of aryl methyl sites for hydroxylation is 1. The Hall–Kier alpha value is -3.22. The van der Waals surface area contributed by atoms with E-state index in [4.69, 9.17) is 5.41 Å². The number of hydrogen-bond acceptors (Lipinski definition) is 4. The second kappa shape index (κ2) is 6.35. The summed E-state index contributed by atoms with van der Waals surface area (Å²) in [5.41, 5.74) is 1.66. The highest BCUT2D eigenvalue weighted by atomic mass is 16.1. The molecular weight excluding hydrogens is 318 g/mol. The second-order valence-electron chi connectivity index (χ2n) is 5.75. The van der Waals surface area contributed by atoms with Gasteiger partial charge < -0.3 is 9.88 Å². The number of allylic oxidation sites excluding steroid dienone is 1. The van der Waals surface area contributed by atoms with Crippen LogP contribution >= 0.6 is 0 Å². The SMILES string of the molecule is C=CCn1c(=N)c(C(=O)NCC)cc2c(=O)n3cc(C)ccc3nc21. The number of hydrogen-bond donors (Lipinski definition) is 2. The van der Waals surface area contributed by atoms with Gasteiger partial charge in [-0.2, -0.15) is 0 Å². The van der Waals surface area contributed by atoms with E-state index in [1.165, 1.54) is 15.0 Å². The first kappa shape index (κ1) is 16.6. The lowest BCUT2D eigenvalue weighted by molar-refractivity contribution is 0.0953. The molecule has 0 aliphatic carbocycles. The zero-order chi connectivity index (χ0) is 18.1. The van der Waals surface area contributed by atoms with Crippen LogP contribution in [0.5, 0.6) is 0 Å². The van der Waals surface area contributed by atoms with Crippen LogP contribution < -0.4 is 16.4 Å². The number of carbonyl (C=O) groups excluding carboxylic acids is 1. The zero-order valence-corrected chi connectivity index (χ0v) is 14.2. The van der Waals surface area contributed by atoms with Crippen molar-refractivity contribution in [1.29, 1.82) is 5.41 Å². The molecule has 3 rings (SSSR count). The molecule has 7 heteroatoms. The summed E-state index contributed by atoms with van der Waals surface area (Å²) >= 11 is 0. The Labute approximate surface area is 143 Å². The van der Waals surface area contributed by atoms with E-state index in [9.17, 15) is 9.59 Å². The number of fused-ring (bicyclic) bond motifs is 2. The molecule has 0 unspecified atom stereocenters. The molecule has 0 aliphatic rings. The van der Waals surface area contributed by atoms with Gasteiger partial charge in [0.05, 0.1) is 10.9 Å². The molecule has 0 spiro atoms. The topological polar surface area (TPSA) is 92.2 Å². The van der Waals surface area contributed by atoms with Gasteiger partial charge in [0, 0.05) is 19.3 Å². The van der Waals surface area contributed by atoms with Crippen molar-refractivity contribution < 1.29 is 4.79 Å². The van der Waals surface area contributed by atoms with Gasteiger partial charge in [0.15, 0.2) is 0 Å². The fraction of sp³-hybridized carbons (Fsp3) is 0.222.